The molecular formula is C13H16N4. The van der Waals surface area contributed by atoms with Crippen LogP contribution in [0.4, 0.5) is 5.69 Å². The Morgan fingerprint density at radius 3 is 2.94 bits per heavy atom. The van der Waals surface area contributed by atoms with Gasteiger partial charge in [0.15, 0.2) is 0 Å². The van der Waals surface area contributed by atoms with Crippen LogP contribution in [0.25, 0.3) is 11.0 Å². The summed E-state index contributed by atoms with van der Waals surface area (Å²) in [4.78, 5) is 4.38. The van der Waals surface area contributed by atoms with Crippen LogP contribution in [-0.4, -0.2) is 21.2 Å². The zero-order chi connectivity index (χ0) is 11.5. The third kappa shape index (κ3) is 2.20. The molecule has 1 aliphatic rings. The average molecular weight is 228 g/mol. The Morgan fingerprint density at radius 1 is 1.18 bits per heavy atom. The Balaban J connectivity index is 1.89. The van der Waals surface area contributed by atoms with Crippen molar-refractivity contribution < 1.29 is 0 Å². The van der Waals surface area contributed by atoms with Crippen LogP contribution in [0, 0.1) is 0 Å². The third-order valence-electron chi connectivity index (χ3n) is 3.36. The van der Waals surface area contributed by atoms with Crippen molar-refractivity contribution in [1.29, 1.82) is 0 Å². The highest BCUT2D eigenvalue weighted by atomic mass is 15.1. The minimum absolute atomic E-state index is 0.568. The van der Waals surface area contributed by atoms with E-state index in [1.54, 1.807) is 12.4 Å². The summed E-state index contributed by atoms with van der Waals surface area (Å²) in [7, 11) is 0. The molecule has 4 heteroatoms. The quantitative estimate of drug-likeness (QED) is 0.858. The fourth-order valence-corrected chi connectivity index (χ4v) is 2.47. The first-order valence-electron chi connectivity index (χ1n) is 6.26. The molecule has 2 heterocycles. The number of hydrogen-bond donors (Lipinski definition) is 1. The lowest BCUT2D eigenvalue weighted by Gasteiger charge is -2.23. The third-order valence-corrected chi connectivity index (χ3v) is 3.36. The lowest BCUT2D eigenvalue weighted by Crippen LogP contribution is -2.22. The number of hydrogen-bond acceptors (Lipinski definition) is 4. The summed E-state index contributed by atoms with van der Waals surface area (Å²) in [5, 5.41) is 11.7. The first-order chi connectivity index (χ1) is 8.43. The van der Waals surface area contributed by atoms with E-state index in [9.17, 15) is 0 Å². The lowest BCUT2D eigenvalue weighted by atomic mass is 9.95. The monoisotopic (exact) mass is 228 g/mol. The van der Waals surface area contributed by atoms with E-state index in [2.05, 4.69) is 20.5 Å². The number of nitrogens with zero attached hydrogens (tertiary/aromatic N) is 3. The normalized spacial score (nSPS) is 17.2. The van der Waals surface area contributed by atoms with Crippen LogP contribution in [0.1, 0.15) is 32.1 Å². The lowest BCUT2D eigenvalue weighted by molar-refractivity contribution is 0.463. The Kier molecular flexibility index (Phi) is 2.86. The molecule has 1 fully saturated rings. The molecule has 2 aromatic rings. The second-order valence-corrected chi connectivity index (χ2v) is 4.61. The molecule has 2 aromatic heterocycles. The molecule has 3 rings (SSSR count). The van der Waals surface area contributed by atoms with Crippen LogP contribution < -0.4 is 5.32 Å². The van der Waals surface area contributed by atoms with Crippen molar-refractivity contribution in [3.8, 4) is 0 Å². The minimum Gasteiger partial charge on any atom is -0.379 e. The van der Waals surface area contributed by atoms with Crippen molar-refractivity contribution in [1.82, 2.24) is 15.2 Å². The van der Waals surface area contributed by atoms with Gasteiger partial charge < -0.3 is 5.32 Å². The summed E-state index contributed by atoms with van der Waals surface area (Å²) in [6, 6.07) is 4.40. The van der Waals surface area contributed by atoms with E-state index >= 15 is 0 Å². The van der Waals surface area contributed by atoms with Crippen LogP contribution in [0.2, 0.25) is 0 Å². The molecule has 0 spiro atoms. The molecule has 0 amide bonds. The molecule has 0 radical (unpaired) electrons. The maximum Gasteiger partial charge on any atom is 0.115 e. The molecule has 0 unspecified atom stereocenters. The Labute approximate surface area is 100 Å². The van der Waals surface area contributed by atoms with Gasteiger partial charge in [0.25, 0.3) is 0 Å². The topological polar surface area (TPSA) is 50.7 Å². The highest BCUT2D eigenvalue weighted by Crippen LogP contribution is 2.24. The van der Waals surface area contributed by atoms with Crippen molar-refractivity contribution in [3.63, 3.8) is 0 Å². The molecule has 0 bridgehead atoms. The SMILES string of the molecule is c1cnc2c(NC3CCCCC3)cnnc2c1. The molecule has 88 valence electrons. The van der Waals surface area contributed by atoms with Gasteiger partial charge in [-0.1, -0.05) is 19.3 Å². The van der Waals surface area contributed by atoms with Crippen molar-refractivity contribution >= 4 is 16.7 Å². The fraction of sp³-hybridized carbons (Fsp3) is 0.462. The molecule has 1 aliphatic carbocycles. The van der Waals surface area contributed by atoms with E-state index in [0.717, 1.165) is 16.7 Å². The summed E-state index contributed by atoms with van der Waals surface area (Å²) in [6.07, 6.45) is 10.1. The Hall–Kier alpha value is -1.71. The molecule has 17 heavy (non-hydrogen) atoms. The predicted molar refractivity (Wildman–Crippen MR) is 67.8 cm³/mol. The summed E-state index contributed by atoms with van der Waals surface area (Å²) < 4.78 is 0. The number of rotatable bonds is 2. The van der Waals surface area contributed by atoms with E-state index in [0.29, 0.717) is 6.04 Å². The first-order valence-corrected chi connectivity index (χ1v) is 6.26. The molecule has 4 nitrogen and oxygen atoms in total. The standard InChI is InChI=1S/C13H16N4/c1-2-5-10(6-3-1)16-12-9-15-17-11-7-4-8-14-13(11)12/h4,7-10H,1-3,5-6H2,(H,16,17). The molecule has 1 N–H and O–H groups in total. The van der Waals surface area contributed by atoms with Gasteiger partial charge in [-0.05, 0) is 25.0 Å². The van der Waals surface area contributed by atoms with Crippen LogP contribution >= 0.6 is 0 Å². The zero-order valence-corrected chi connectivity index (χ0v) is 9.76. The predicted octanol–water partition coefficient (Wildman–Crippen LogP) is 2.77. The van der Waals surface area contributed by atoms with Gasteiger partial charge in [0.1, 0.15) is 11.0 Å². The van der Waals surface area contributed by atoms with Crippen LogP contribution in [0.15, 0.2) is 24.5 Å². The molecular weight excluding hydrogens is 212 g/mol. The van der Waals surface area contributed by atoms with E-state index in [4.69, 9.17) is 0 Å². The number of pyridine rings is 1. The second-order valence-electron chi connectivity index (χ2n) is 4.61. The van der Waals surface area contributed by atoms with Crippen molar-refractivity contribution in [2.45, 2.75) is 38.1 Å². The first kappa shape index (κ1) is 10.4. The second kappa shape index (κ2) is 4.65. The number of nitrogens with one attached hydrogen (secondary N) is 1. The number of aromatic nitrogens is 3. The van der Waals surface area contributed by atoms with E-state index in [-0.39, 0.29) is 0 Å². The Bertz CT molecular complexity index is 500. The minimum atomic E-state index is 0.568. The van der Waals surface area contributed by atoms with Gasteiger partial charge in [0.05, 0.1) is 11.9 Å². The summed E-state index contributed by atoms with van der Waals surface area (Å²) in [6.45, 7) is 0. The smallest absolute Gasteiger partial charge is 0.115 e. The molecule has 0 aromatic carbocycles. The summed E-state index contributed by atoms with van der Waals surface area (Å²) in [5.74, 6) is 0. The fourth-order valence-electron chi connectivity index (χ4n) is 2.47. The highest BCUT2D eigenvalue weighted by molar-refractivity contribution is 5.86. The Morgan fingerprint density at radius 2 is 2.06 bits per heavy atom. The number of fused-ring (bicyclic) bond motifs is 1. The van der Waals surface area contributed by atoms with Gasteiger partial charge in [0.2, 0.25) is 0 Å². The van der Waals surface area contributed by atoms with Crippen LogP contribution in [-0.2, 0) is 0 Å². The van der Waals surface area contributed by atoms with Gasteiger partial charge in [-0.3, -0.25) is 4.98 Å². The van der Waals surface area contributed by atoms with Gasteiger partial charge in [-0.25, -0.2) is 0 Å². The molecule has 0 aliphatic heterocycles. The molecule has 0 saturated heterocycles. The van der Waals surface area contributed by atoms with Gasteiger partial charge in [-0.15, -0.1) is 5.10 Å². The highest BCUT2D eigenvalue weighted by Gasteiger charge is 2.14. The maximum atomic E-state index is 4.38. The summed E-state index contributed by atoms with van der Waals surface area (Å²) >= 11 is 0. The van der Waals surface area contributed by atoms with E-state index < -0.39 is 0 Å². The van der Waals surface area contributed by atoms with Gasteiger partial charge in [0, 0.05) is 12.2 Å². The van der Waals surface area contributed by atoms with Crippen molar-refractivity contribution in [3.05, 3.63) is 24.5 Å². The van der Waals surface area contributed by atoms with Gasteiger partial charge in [-0.2, -0.15) is 5.10 Å². The molecule has 0 atom stereocenters. The average Bonchev–Trinajstić information content (AvgIpc) is 2.40. The van der Waals surface area contributed by atoms with Crippen LogP contribution in [0.3, 0.4) is 0 Å². The van der Waals surface area contributed by atoms with Crippen LogP contribution in [0.5, 0.6) is 0 Å². The maximum absolute atomic E-state index is 4.38. The van der Waals surface area contributed by atoms with Crippen molar-refractivity contribution in [2.24, 2.45) is 0 Å². The molecule has 1 saturated carbocycles. The van der Waals surface area contributed by atoms with Crippen molar-refractivity contribution in [2.75, 3.05) is 5.32 Å². The largest absolute Gasteiger partial charge is 0.379 e. The zero-order valence-electron chi connectivity index (χ0n) is 9.76. The van der Waals surface area contributed by atoms with E-state index in [1.165, 1.54) is 32.1 Å². The van der Waals surface area contributed by atoms with Gasteiger partial charge >= 0.3 is 0 Å². The van der Waals surface area contributed by atoms with E-state index in [1.807, 2.05) is 12.1 Å². The summed E-state index contributed by atoms with van der Waals surface area (Å²) in [5.41, 5.74) is 2.80. The number of anilines is 1.